The Kier molecular flexibility index (Phi) is 7.60. The number of anilines is 1. The monoisotopic (exact) mass is 443 g/mol. The third kappa shape index (κ3) is 6.21. The molecule has 0 saturated heterocycles. The average molecular weight is 445 g/mol. The number of halogens is 3. The lowest BCUT2D eigenvalue weighted by Crippen LogP contribution is -2.14. The Bertz CT molecular complexity index is 750. The molecule has 0 aromatic heterocycles. The Morgan fingerprint density at radius 2 is 1.96 bits per heavy atom. The molecule has 0 heterocycles. The predicted octanol–water partition coefficient (Wildman–Crippen LogP) is 6.68. The van der Waals surface area contributed by atoms with Gasteiger partial charge in [0, 0.05) is 21.6 Å². The van der Waals surface area contributed by atoms with Crippen molar-refractivity contribution in [3.63, 3.8) is 0 Å². The quantitative estimate of drug-likeness (QED) is 0.483. The second-order valence-electron chi connectivity index (χ2n) is 5.96. The molecule has 0 aliphatic carbocycles. The number of hydrogen-bond acceptors (Lipinski definition) is 2. The third-order valence-electron chi connectivity index (χ3n) is 3.61. The van der Waals surface area contributed by atoms with Crippen LogP contribution in [0, 0.1) is 0 Å². The van der Waals surface area contributed by atoms with E-state index >= 15 is 0 Å². The predicted molar refractivity (Wildman–Crippen MR) is 108 cm³/mol. The molecule has 6 heteroatoms. The first-order valence-corrected chi connectivity index (χ1v) is 9.59. The van der Waals surface area contributed by atoms with E-state index in [1.165, 1.54) is 0 Å². The molecule has 0 unspecified atom stereocenters. The average Bonchev–Trinajstić information content (AvgIpc) is 2.54. The molecule has 0 aliphatic rings. The normalized spacial score (nSPS) is 10.8. The highest BCUT2D eigenvalue weighted by molar-refractivity contribution is 9.10. The fourth-order valence-electron chi connectivity index (χ4n) is 2.34. The van der Waals surface area contributed by atoms with Gasteiger partial charge < -0.3 is 10.1 Å². The molecule has 2 aromatic carbocycles. The van der Waals surface area contributed by atoms with Crippen molar-refractivity contribution in [2.75, 3.05) is 11.9 Å². The highest BCUT2D eigenvalue weighted by atomic mass is 79.9. The Labute approximate surface area is 166 Å². The van der Waals surface area contributed by atoms with E-state index in [0.29, 0.717) is 41.2 Å². The van der Waals surface area contributed by atoms with Crippen molar-refractivity contribution in [3.8, 4) is 5.75 Å². The van der Waals surface area contributed by atoms with Crippen LogP contribution in [-0.4, -0.2) is 12.5 Å². The largest absolute Gasteiger partial charge is 0.492 e. The summed E-state index contributed by atoms with van der Waals surface area (Å²) in [6, 6.07) is 10.9. The van der Waals surface area contributed by atoms with E-state index < -0.39 is 0 Å². The van der Waals surface area contributed by atoms with E-state index in [0.717, 1.165) is 15.7 Å². The van der Waals surface area contributed by atoms with Gasteiger partial charge in [-0.3, -0.25) is 4.79 Å². The van der Waals surface area contributed by atoms with Crippen molar-refractivity contribution in [2.45, 2.75) is 32.6 Å². The minimum absolute atomic E-state index is 0.0324. The number of amides is 1. The number of carbonyl (C=O) groups excluding carboxylic acids is 1. The van der Waals surface area contributed by atoms with Gasteiger partial charge in [0.15, 0.2) is 0 Å². The van der Waals surface area contributed by atoms with E-state index in [1.54, 1.807) is 18.2 Å². The van der Waals surface area contributed by atoms with Gasteiger partial charge in [-0.25, -0.2) is 0 Å². The number of benzene rings is 2. The summed E-state index contributed by atoms with van der Waals surface area (Å²) in [6.07, 6.45) is 0.969. The molecule has 2 aromatic rings. The van der Waals surface area contributed by atoms with Crippen LogP contribution in [0.5, 0.6) is 5.75 Å². The maximum absolute atomic E-state index is 12.2. The van der Waals surface area contributed by atoms with Gasteiger partial charge in [-0.15, -0.1) is 0 Å². The molecule has 0 spiro atoms. The zero-order chi connectivity index (χ0) is 18.4. The second kappa shape index (κ2) is 9.46. The molecule has 0 radical (unpaired) electrons. The van der Waals surface area contributed by atoms with Crippen molar-refractivity contribution in [2.24, 2.45) is 0 Å². The Morgan fingerprint density at radius 3 is 2.64 bits per heavy atom. The zero-order valence-electron chi connectivity index (χ0n) is 14.1. The standard InChI is InChI=1S/C19H20BrCl2NO2/c1-12(2)15-10-13(20)5-7-17(15)23-19(24)4-3-9-25-18-8-6-14(21)11-16(18)22/h5-8,10-12H,3-4,9H2,1-2H3,(H,23,24). The molecular formula is C19H20BrCl2NO2. The van der Waals surface area contributed by atoms with Crippen LogP contribution in [0.25, 0.3) is 0 Å². The SMILES string of the molecule is CC(C)c1cc(Br)ccc1NC(=O)CCCOc1ccc(Cl)cc1Cl. The number of hydrogen-bond donors (Lipinski definition) is 1. The first-order chi connectivity index (χ1) is 11.9. The van der Waals surface area contributed by atoms with Crippen LogP contribution in [-0.2, 0) is 4.79 Å². The lowest BCUT2D eigenvalue weighted by atomic mass is 10.0. The smallest absolute Gasteiger partial charge is 0.224 e. The summed E-state index contributed by atoms with van der Waals surface area (Å²) in [4.78, 5) is 12.2. The number of ether oxygens (including phenoxy) is 1. The molecule has 2 rings (SSSR count). The highest BCUT2D eigenvalue weighted by Crippen LogP contribution is 2.29. The van der Waals surface area contributed by atoms with Crippen LogP contribution in [0.4, 0.5) is 5.69 Å². The van der Waals surface area contributed by atoms with Crippen molar-refractivity contribution in [1.29, 1.82) is 0 Å². The van der Waals surface area contributed by atoms with Gasteiger partial charge in [0.25, 0.3) is 0 Å². The van der Waals surface area contributed by atoms with Crippen LogP contribution in [0.2, 0.25) is 10.0 Å². The van der Waals surface area contributed by atoms with E-state index in [1.807, 2.05) is 18.2 Å². The number of nitrogens with one attached hydrogen (secondary N) is 1. The van der Waals surface area contributed by atoms with Crippen molar-refractivity contribution in [1.82, 2.24) is 0 Å². The summed E-state index contributed by atoms with van der Waals surface area (Å²) in [5.41, 5.74) is 1.96. The van der Waals surface area contributed by atoms with Gasteiger partial charge in [-0.05, 0) is 54.3 Å². The van der Waals surface area contributed by atoms with Crippen LogP contribution >= 0.6 is 39.1 Å². The second-order valence-corrected chi connectivity index (χ2v) is 7.72. The van der Waals surface area contributed by atoms with Crippen LogP contribution in [0.1, 0.15) is 38.2 Å². The minimum Gasteiger partial charge on any atom is -0.492 e. The molecule has 0 saturated carbocycles. The number of carbonyl (C=O) groups is 1. The fourth-order valence-corrected chi connectivity index (χ4v) is 3.19. The molecule has 0 atom stereocenters. The van der Waals surface area contributed by atoms with Gasteiger partial charge in [-0.2, -0.15) is 0 Å². The van der Waals surface area contributed by atoms with Crippen molar-refractivity contribution < 1.29 is 9.53 Å². The summed E-state index contributed by atoms with van der Waals surface area (Å²) in [7, 11) is 0. The molecule has 3 nitrogen and oxygen atoms in total. The van der Waals surface area contributed by atoms with Crippen molar-refractivity contribution in [3.05, 3.63) is 56.5 Å². The van der Waals surface area contributed by atoms with Crippen LogP contribution in [0.15, 0.2) is 40.9 Å². The maximum atomic E-state index is 12.2. The minimum atomic E-state index is -0.0324. The van der Waals surface area contributed by atoms with E-state index in [-0.39, 0.29) is 5.91 Å². The van der Waals surface area contributed by atoms with E-state index in [9.17, 15) is 4.79 Å². The lowest BCUT2D eigenvalue weighted by Gasteiger charge is -2.14. The van der Waals surface area contributed by atoms with Gasteiger partial charge in [-0.1, -0.05) is 53.0 Å². The Morgan fingerprint density at radius 1 is 1.20 bits per heavy atom. The fraction of sp³-hybridized carbons (Fsp3) is 0.316. The topological polar surface area (TPSA) is 38.3 Å². The molecule has 0 bridgehead atoms. The van der Waals surface area contributed by atoms with E-state index in [2.05, 4.69) is 35.1 Å². The Hall–Kier alpha value is -1.23. The van der Waals surface area contributed by atoms with E-state index in [4.69, 9.17) is 27.9 Å². The summed E-state index contributed by atoms with van der Waals surface area (Å²) in [5.74, 6) is 0.861. The number of rotatable bonds is 7. The summed E-state index contributed by atoms with van der Waals surface area (Å²) in [5, 5.41) is 4.01. The summed E-state index contributed by atoms with van der Waals surface area (Å²) < 4.78 is 6.60. The van der Waals surface area contributed by atoms with Crippen LogP contribution in [0.3, 0.4) is 0 Å². The molecule has 0 aliphatic heterocycles. The maximum Gasteiger partial charge on any atom is 0.224 e. The first-order valence-electron chi connectivity index (χ1n) is 8.04. The molecule has 1 amide bonds. The van der Waals surface area contributed by atoms with Crippen LogP contribution < -0.4 is 10.1 Å². The zero-order valence-corrected chi connectivity index (χ0v) is 17.2. The summed E-state index contributed by atoms with van der Waals surface area (Å²) in [6.45, 7) is 4.61. The van der Waals surface area contributed by atoms with Gasteiger partial charge in [0.05, 0.1) is 11.6 Å². The third-order valence-corrected chi connectivity index (χ3v) is 4.63. The molecular weight excluding hydrogens is 425 g/mol. The lowest BCUT2D eigenvalue weighted by molar-refractivity contribution is -0.116. The molecule has 134 valence electrons. The van der Waals surface area contributed by atoms with Crippen molar-refractivity contribution >= 4 is 50.7 Å². The Balaban J connectivity index is 1.83. The summed E-state index contributed by atoms with van der Waals surface area (Å²) >= 11 is 15.4. The first kappa shape index (κ1) is 20.1. The van der Waals surface area contributed by atoms with Gasteiger partial charge in [0.1, 0.15) is 5.75 Å². The van der Waals surface area contributed by atoms with Gasteiger partial charge in [0.2, 0.25) is 5.91 Å². The highest BCUT2D eigenvalue weighted by Gasteiger charge is 2.10. The molecule has 1 N–H and O–H groups in total. The molecule has 25 heavy (non-hydrogen) atoms. The van der Waals surface area contributed by atoms with Gasteiger partial charge >= 0.3 is 0 Å². The molecule has 0 fully saturated rings.